The second-order valence-corrected chi connectivity index (χ2v) is 12.5. The van der Waals surface area contributed by atoms with Gasteiger partial charge < -0.3 is 0 Å². The molecule has 0 aliphatic heterocycles. The maximum Gasteiger partial charge on any atom is 0.138 e. The summed E-state index contributed by atoms with van der Waals surface area (Å²) in [7, 11) is -1.19. The lowest BCUT2D eigenvalue weighted by molar-refractivity contribution is 0.879. The van der Waals surface area contributed by atoms with E-state index in [9.17, 15) is 0 Å². The van der Waals surface area contributed by atoms with Crippen molar-refractivity contribution in [2.45, 2.75) is 19.6 Å². The largest absolute Gasteiger partial charge is 0.281 e. The van der Waals surface area contributed by atoms with E-state index in [1.807, 2.05) is 24.5 Å². The van der Waals surface area contributed by atoms with Crippen molar-refractivity contribution in [3.8, 4) is 5.69 Å². The Bertz CT molecular complexity index is 635. The Morgan fingerprint density at radius 3 is 2.67 bits per heavy atom. The van der Waals surface area contributed by atoms with E-state index in [0.29, 0.717) is 5.02 Å². The minimum Gasteiger partial charge on any atom is -0.281 e. The lowest BCUT2D eigenvalue weighted by atomic mass is 10.2. The van der Waals surface area contributed by atoms with Crippen LogP contribution in [0, 0.1) is 0 Å². The zero-order valence-corrected chi connectivity index (χ0v) is 15.2. The van der Waals surface area contributed by atoms with Crippen LogP contribution in [0.25, 0.3) is 5.69 Å². The third kappa shape index (κ3) is 4.43. The molecule has 0 saturated carbocycles. The van der Waals surface area contributed by atoms with E-state index >= 15 is 0 Å². The van der Waals surface area contributed by atoms with Gasteiger partial charge in [0.05, 0.1) is 23.8 Å². The molecule has 0 atom stereocenters. The van der Waals surface area contributed by atoms with Crippen LogP contribution >= 0.6 is 23.4 Å². The third-order valence-electron chi connectivity index (χ3n) is 2.75. The average Bonchev–Trinajstić information content (AvgIpc) is 2.92. The van der Waals surface area contributed by atoms with Gasteiger partial charge in [0.1, 0.15) is 12.7 Å². The van der Waals surface area contributed by atoms with Gasteiger partial charge in [-0.15, -0.1) is 11.8 Å². The van der Waals surface area contributed by atoms with Gasteiger partial charge in [0.15, 0.2) is 0 Å². The van der Waals surface area contributed by atoms with Crippen LogP contribution in [0.2, 0.25) is 24.7 Å². The molecular weight excluding hydrogens is 320 g/mol. The first-order valence-corrected chi connectivity index (χ1v) is 11.9. The first kappa shape index (κ1) is 16.3. The van der Waals surface area contributed by atoms with Crippen LogP contribution in [0.5, 0.6) is 0 Å². The highest BCUT2D eigenvalue weighted by Gasteiger charge is 2.14. The van der Waals surface area contributed by atoms with Crippen LogP contribution in [-0.2, 0) is 0 Å². The molecule has 0 radical (unpaired) electrons. The first-order chi connectivity index (χ1) is 9.90. The summed E-state index contributed by atoms with van der Waals surface area (Å²) in [6, 6.07) is 5.92. The van der Waals surface area contributed by atoms with Crippen molar-refractivity contribution >= 4 is 36.5 Å². The SMILES string of the molecule is CSC(=NC[Si](C)(C)C)c1ccc(-n2cncn2)c(Cl)c1. The highest BCUT2D eigenvalue weighted by molar-refractivity contribution is 8.13. The molecule has 0 spiro atoms. The predicted octanol–water partition coefficient (Wildman–Crippen LogP) is 3.91. The van der Waals surface area contributed by atoms with Gasteiger partial charge in [-0.3, -0.25) is 4.99 Å². The normalized spacial score (nSPS) is 12.7. The Hall–Kier alpha value is -1.11. The van der Waals surface area contributed by atoms with Crippen LogP contribution in [-0.4, -0.2) is 40.3 Å². The molecule has 0 amide bonds. The summed E-state index contributed by atoms with van der Waals surface area (Å²) in [6.07, 6.45) is 6.09. The van der Waals surface area contributed by atoms with Crippen LogP contribution in [0.4, 0.5) is 0 Å². The molecule has 2 rings (SSSR count). The molecule has 112 valence electrons. The number of aromatic nitrogens is 3. The Balaban J connectivity index is 2.30. The van der Waals surface area contributed by atoms with Crippen LogP contribution in [0.3, 0.4) is 0 Å². The number of hydrogen-bond acceptors (Lipinski definition) is 4. The van der Waals surface area contributed by atoms with E-state index in [-0.39, 0.29) is 0 Å². The summed E-state index contributed by atoms with van der Waals surface area (Å²) in [4.78, 5) is 8.70. The van der Waals surface area contributed by atoms with Gasteiger partial charge in [0, 0.05) is 11.7 Å². The molecule has 0 fully saturated rings. The molecule has 0 saturated heterocycles. The van der Waals surface area contributed by atoms with E-state index in [2.05, 4.69) is 29.7 Å². The van der Waals surface area contributed by atoms with E-state index in [4.69, 9.17) is 16.6 Å². The van der Waals surface area contributed by atoms with Gasteiger partial charge in [-0.05, 0) is 18.4 Å². The summed E-state index contributed by atoms with van der Waals surface area (Å²) in [6.45, 7) is 6.94. The van der Waals surface area contributed by atoms with Crippen molar-refractivity contribution in [2.24, 2.45) is 4.99 Å². The highest BCUT2D eigenvalue weighted by atomic mass is 35.5. The molecular formula is C14H19ClN4SSi. The van der Waals surface area contributed by atoms with E-state index in [0.717, 1.165) is 22.5 Å². The molecule has 4 nitrogen and oxygen atoms in total. The number of halogens is 1. The topological polar surface area (TPSA) is 43.1 Å². The van der Waals surface area contributed by atoms with Gasteiger partial charge in [-0.25, -0.2) is 9.67 Å². The summed E-state index contributed by atoms with van der Waals surface area (Å²) >= 11 is 8.02. The molecule has 21 heavy (non-hydrogen) atoms. The second kappa shape index (κ2) is 6.77. The Labute approximate surface area is 135 Å². The maximum atomic E-state index is 6.37. The summed E-state index contributed by atoms with van der Waals surface area (Å²) in [5.41, 5.74) is 1.87. The van der Waals surface area contributed by atoms with Gasteiger partial charge in [-0.1, -0.05) is 37.3 Å². The van der Waals surface area contributed by atoms with Gasteiger partial charge in [0.2, 0.25) is 0 Å². The molecule has 0 aliphatic carbocycles. The molecule has 0 unspecified atom stereocenters. The molecule has 1 aromatic heterocycles. The van der Waals surface area contributed by atoms with Crippen molar-refractivity contribution in [2.75, 3.05) is 12.4 Å². The molecule has 7 heteroatoms. The zero-order chi connectivity index (χ0) is 15.5. The average molecular weight is 339 g/mol. The molecule has 0 N–H and O–H groups in total. The number of nitrogens with zero attached hydrogens (tertiary/aromatic N) is 4. The minimum atomic E-state index is -1.19. The summed E-state index contributed by atoms with van der Waals surface area (Å²) in [5.74, 6) is 0. The fraction of sp³-hybridized carbons (Fsp3) is 0.357. The monoisotopic (exact) mass is 338 g/mol. The molecule has 1 aromatic carbocycles. The fourth-order valence-electron chi connectivity index (χ4n) is 1.74. The van der Waals surface area contributed by atoms with Crippen LogP contribution in [0.15, 0.2) is 35.8 Å². The Morgan fingerprint density at radius 2 is 2.14 bits per heavy atom. The van der Waals surface area contributed by atoms with E-state index < -0.39 is 8.07 Å². The number of benzene rings is 1. The minimum absolute atomic E-state index is 0.646. The van der Waals surface area contributed by atoms with Crippen molar-refractivity contribution in [1.29, 1.82) is 0 Å². The lowest BCUT2D eigenvalue weighted by Crippen LogP contribution is -2.25. The van der Waals surface area contributed by atoms with E-state index in [1.54, 1.807) is 22.8 Å². The standard InChI is InChI=1S/C14H19ClN4SSi/c1-20-14(17-10-21(2,3)4)11-5-6-13(12(15)7-11)19-9-16-8-18-19/h5-9H,10H2,1-4H3. The molecule has 2 aromatic rings. The molecule has 0 aliphatic rings. The Kier molecular flexibility index (Phi) is 5.24. The highest BCUT2D eigenvalue weighted by Crippen LogP contribution is 2.23. The number of thioether (sulfide) groups is 1. The van der Waals surface area contributed by atoms with Gasteiger partial charge in [0.25, 0.3) is 0 Å². The maximum absolute atomic E-state index is 6.37. The number of hydrogen-bond donors (Lipinski definition) is 0. The van der Waals surface area contributed by atoms with Crippen LogP contribution in [0.1, 0.15) is 5.56 Å². The van der Waals surface area contributed by atoms with Crippen molar-refractivity contribution in [3.63, 3.8) is 0 Å². The van der Waals surface area contributed by atoms with Crippen LogP contribution < -0.4 is 0 Å². The number of aliphatic imine (C=N–C) groups is 1. The molecule has 0 bridgehead atoms. The van der Waals surface area contributed by atoms with Crippen molar-refractivity contribution in [3.05, 3.63) is 41.4 Å². The molecule has 1 heterocycles. The summed E-state index contributed by atoms with van der Waals surface area (Å²) in [5, 5.41) is 5.78. The lowest BCUT2D eigenvalue weighted by Gasteiger charge is -2.14. The third-order valence-corrected chi connectivity index (χ3v) is 4.91. The van der Waals surface area contributed by atoms with Gasteiger partial charge >= 0.3 is 0 Å². The number of rotatable bonds is 4. The van der Waals surface area contributed by atoms with Crippen molar-refractivity contribution in [1.82, 2.24) is 14.8 Å². The smallest absolute Gasteiger partial charge is 0.138 e. The van der Waals surface area contributed by atoms with Crippen molar-refractivity contribution < 1.29 is 0 Å². The predicted molar refractivity (Wildman–Crippen MR) is 94.6 cm³/mol. The van der Waals surface area contributed by atoms with Gasteiger partial charge in [-0.2, -0.15) is 5.10 Å². The van der Waals surface area contributed by atoms with E-state index in [1.165, 1.54) is 6.33 Å². The zero-order valence-electron chi connectivity index (χ0n) is 12.7. The Morgan fingerprint density at radius 1 is 1.38 bits per heavy atom. The quantitative estimate of drug-likeness (QED) is 0.482. The summed E-state index contributed by atoms with van der Waals surface area (Å²) < 4.78 is 1.66. The fourth-order valence-corrected chi connectivity index (χ4v) is 3.31. The second-order valence-electron chi connectivity index (χ2n) is 5.89. The first-order valence-electron chi connectivity index (χ1n) is 6.64.